The van der Waals surface area contributed by atoms with E-state index >= 15 is 0 Å². The summed E-state index contributed by atoms with van der Waals surface area (Å²) in [6.07, 6.45) is 0.181. The van der Waals surface area contributed by atoms with Crippen LogP contribution in [0.1, 0.15) is 29.5 Å². The lowest BCUT2D eigenvalue weighted by molar-refractivity contribution is -0.147. The number of nitrogens with one attached hydrogen (secondary N) is 1. The number of carbonyl (C=O) groups excluding carboxylic acids is 2. The number of anilines is 1. The molecule has 0 aromatic heterocycles. The predicted octanol–water partition coefficient (Wildman–Crippen LogP) is 4.44. The zero-order chi connectivity index (χ0) is 24.2. The summed E-state index contributed by atoms with van der Waals surface area (Å²) in [5.74, 6) is -1.18. The lowest BCUT2D eigenvalue weighted by Gasteiger charge is -2.37. The second-order valence-corrected chi connectivity index (χ2v) is 9.60. The molecule has 2 heterocycles. The third-order valence-corrected chi connectivity index (χ3v) is 7.34. The Kier molecular flexibility index (Phi) is 7.41. The number of aryl methyl sites for hydroxylation is 1. The molecule has 1 atom stereocenters. The van der Waals surface area contributed by atoms with E-state index < -0.39 is 18.2 Å². The minimum atomic E-state index is -1.27. The third-order valence-electron chi connectivity index (χ3n) is 6.48. The second kappa shape index (κ2) is 10.5. The van der Waals surface area contributed by atoms with Crippen molar-refractivity contribution in [3.63, 3.8) is 0 Å². The quantitative estimate of drug-likeness (QED) is 0.596. The fraction of sp³-hybridized carbons (Fsp3) is 0.400. The third kappa shape index (κ3) is 5.52. The highest BCUT2D eigenvalue weighted by Crippen LogP contribution is 2.25. The van der Waals surface area contributed by atoms with Gasteiger partial charge in [-0.2, -0.15) is 0 Å². The van der Waals surface area contributed by atoms with Gasteiger partial charge in [0.15, 0.2) is 0 Å². The molecule has 2 aromatic rings. The molecule has 9 heteroatoms. The summed E-state index contributed by atoms with van der Waals surface area (Å²) in [7, 11) is 0. The monoisotopic (exact) mass is 529 g/mol. The van der Waals surface area contributed by atoms with Crippen LogP contribution in [0, 0.1) is 6.92 Å². The molecule has 0 spiro atoms. The van der Waals surface area contributed by atoms with Gasteiger partial charge in [0.2, 0.25) is 6.10 Å². The molecule has 2 aromatic carbocycles. The van der Waals surface area contributed by atoms with Gasteiger partial charge in [0.25, 0.3) is 0 Å². The summed E-state index contributed by atoms with van der Waals surface area (Å²) in [4.78, 5) is 40.6. The molecular formula is C25H28BrN3O5. The average Bonchev–Trinajstić information content (AvgIpc) is 2.99. The van der Waals surface area contributed by atoms with Crippen molar-refractivity contribution < 1.29 is 24.2 Å². The molecule has 3 amide bonds. The van der Waals surface area contributed by atoms with Crippen molar-refractivity contribution in [2.75, 3.05) is 25.0 Å². The number of benzene rings is 2. The number of likely N-dealkylation sites (tertiary alicyclic amines) is 1. The number of rotatable bonds is 5. The van der Waals surface area contributed by atoms with E-state index in [-0.39, 0.29) is 18.5 Å². The summed E-state index contributed by atoms with van der Waals surface area (Å²) < 4.78 is 6.25. The Bertz CT molecular complexity index is 1080. The summed E-state index contributed by atoms with van der Waals surface area (Å²) in [6.45, 7) is 3.37. The molecule has 0 bridgehead atoms. The molecule has 2 aliphatic heterocycles. The first kappa shape index (κ1) is 24.1. The molecular weight excluding hydrogens is 502 g/mol. The summed E-state index contributed by atoms with van der Waals surface area (Å²) in [5.41, 5.74) is 3.76. The van der Waals surface area contributed by atoms with Crippen LogP contribution in [0.25, 0.3) is 0 Å². The van der Waals surface area contributed by atoms with Crippen LogP contribution >= 0.6 is 15.9 Å². The molecule has 2 aliphatic rings. The van der Waals surface area contributed by atoms with Crippen molar-refractivity contribution >= 4 is 39.7 Å². The van der Waals surface area contributed by atoms with Gasteiger partial charge in [-0.05, 0) is 55.0 Å². The normalized spacial score (nSPS) is 17.4. The standard InChI is InChI=1S/C25H28BrN3O5/c1-16-6-7-17(14-20(16)26)15-22(23(30)31)34-25(33)28-11-9-19(10-12-28)29-13-8-18-4-2-3-5-21(18)27-24(29)32/h2-7,14,19,22H,8-13,15H2,1H3,(H,27,32)(H,30,31). The number of carboxylic acids is 1. The van der Waals surface area contributed by atoms with Crippen LogP contribution in [0.2, 0.25) is 0 Å². The molecule has 1 saturated heterocycles. The number of halogens is 1. The van der Waals surface area contributed by atoms with E-state index in [9.17, 15) is 19.5 Å². The van der Waals surface area contributed by atoms with Crippen LogP contribution in [0.3, 0.4) is 0 Å². The van der Waals surface area contributed by atoms with Crippen LogP contribution < -0.4 is 5.32 Å². The van der Waals surface area contributed by atoms with Gasteiger partial charge in [0.05, 0.1) is 0 Å². The number of urea groups is 1. The molecule has 180 valence electrons. The number of hydrogen-bond donors (Lipinski definition) is 2. The van der Waals surface area contributed by atoms with Crippen LogP contribution in [0.15, 0.2) is 46.9 Å². The zero-order valence-corrected chi connectivity index (χ0v) is 20.6. The maximum absolute atomic E-state index is 12.8. The average molecular weight is 530 g/mol. The molecule has 4 rings (SSSR count). The van der Waals surface area contributed by atoms with Gasteiger partial charge in [-0.15, -0.1) is 0 Å². The molecule has 0 aliphatic carbocycles. The van der Waals surface area contributed by atoms with Gasteiger partial charge in [0, 0.05) is 42.3 Å². The Morgan fingerprint density at radius 3 is 2.62 bits per heavy atom. The minimum absolute atomic E-state index is 0.0125. The van der Waals surface area contributed by atoms with E-state index in [0.717, 1.165) is 33.3 Å². The predicted molar refractivity (Wildman–Crippen MR) is 131 cm³/mol. The van der Waals surface area contributed by atoms with Gasteiger partial charge >= 0.3 is 18.1 Å². The topological polar surface area (TPSA) is 99.2 Å². The largest absolute Gasteiger partial charge is 0.478 e. The van der Waals surface area contributed by atoms with Crippen LogP contribution in [-0.2, 0) is 22.4 Å². The number of amides is 3. The molecule has 2 N–H and O–H groups in total. The first-order chi connectivity index (χ1) is 16.3. The number of fused-ring (bicyclic) bond motifs is 1. The zero-order valence-electron chi connectivity index (χ0n) is 19.0. The second-order valence-electron chi connectivity index (χ2n) is 8.75. The Labute approximate surface area is 207 Å². The molecule has 1 fully saturated rings. The summed E-state index contributed by atoms with van der Waals surface area (Å²) >= 11 is 3.45. The number of ether oxygens (including phenoxy) is 1. The fourth-order valence-electron chi connectivity index (χ4n) is 4.45. The van der Waals surface area contributed by atoms with Crippen molar-refractivity contribution in [1.82, 2.24) is 9.80 Å². The van der Waals surface area contributed by atoms with E-state index in [4.69, 9.17) is 4.74 Å². The van der Waals surface area contributed by atoms with E-state index in [1.807, 2.05) is 54.3 Å². The number of hydrogen-bond acceptors (Lipinski definition) is 4. The van der Waals surface area contributed by atoms with Crippen LogP contribution in [-0.4, -0.2) is 64.8 Å². The smallest absolute Gasteiger partial charge is 0.410 e. The van der Waals surface area contributed by atoms with Gasteiger partial charge in [-0.25, -0.2) is 14.4 Å². The van der Waals surface area contributed by atoms with Gasteiger partial charge in [0.1, 0.15) is 0 Å². The maximum atomic E-state index is 12.8. The van der Waals surface area contributed by atoms with Crippen molar-refractivity contribution in [3.8, 4) is 0 Å². The van der Waals surface area contributed by atoms with Crippen LogP contribution in [0.4, 0.5) is 15.3 Å². The lowest BCUT2D eigenvalue weighted by atomic mass is 10.0. The molecule has 8 nitrogen and oxygen atoms in total. The molecule has 0 radical (unpaired) electrons. The van der Waals surface area contributed by atoms with E-state index in [0.29, 0.717) is 32.5 Å². The Morgan fingerprint density at radius 2 is 1.91 bits per heavy atom. The van der Waals surface area contributed by atoms with Gasteiger partial charge in [-0.3, -0.25) is 0 Å². The number of para-hydroxylation sites is 1. The lowest BCUT2D eigenvalue weighted by Crippen LogP contribution is -2.50. The minimum Gasteiger partial charge on any atom is -0.478 e. The molecule has 0 saturated carbocycles. The first-order valence-electron chi connectivity index (χ1n) is 11.4. The van der Waals surface area contributed by atoms with Gasteiger partial charge < -0.3 is 25.0 Å². The van der Waals surface area contributed by atoms with E-state index in [1.165, 1.54) is 4.90 Å². The SMILES string of the molecule is Cc1ccc(CC(OC(=O)N2CCC(N3CCc4ccccc4NC3=O)CC2)C(=O)O)cc1Br. The number of carboxylic acid groups (broad SMARTS) is 1. The van der Waals surface area contributed by atoms with Crippen molar-refractivity contribution in [2.45, 2.75) is 44.8 Å². The summed E-state index contributed by atoms with van der Waals surface area (Å²) in [5, 5.41) is 12.6. The number of nitrogens with zero attached hydrogens (tertiary/aromatic N) is 2. The number of carbonyl (C=O) groups is 3. The first-order valence-corrected chi connectivity index (χ1v) is 12.2. The maximum Gasteiger partial charge on any atom is 0.410 e. The molecule has 1 unspecified atom stereocenters. The highest BCUT2D eigenvalue weighted by atomic mass is 79.9. The Morgan fingerprint density at radius 1 is 1.18 bits per heavy atom. The van der Waals surface area contributed by atoms with Crippen molar-refractivity contribution in [2.24, 2.45) is 0 Å². The summed E-state index contributed by atoms with van der Waals surface area (Å²) in [6, 6.07) is 13.3. The number of piperidine rings is 1. The number of aliphatic carboxylic acids is 1. The molecule has 34 heavy (non-hydrogen) atoms. The van der Waals surface area contributed by atoms with Crippen molar-refractivity contribution in [1.29, 1.82) is 0 Å². The van der Waals surface area contributed by atoms with Crippen molar-refractivity contribution in [3.05, 3.63) is 63.6 Å². The van der Waals surface area contributed by atoms with E-state index in [1.54, 1.807) is 0 Å². The van der Waals surface area contributed by atoms with Gasteiger partial charge in [-0.1, -0.05) is 46.3 Å². The highest BCUT2D eigenvalue weighted by Gasteiger charge is 2.33. The highest BCUT2D eigenvalue weighted by molar-refractivity contribution is 9.10. The fourth-order valence-corrected chi connectivity index (χ4v) is 4.88. The Balaban J connectivity index is 1.32. The Hall–Kier alpha value is -3.07. The van der Waals surface area contributed by atoms with Crippen LogP contribution in [0.5, 0.6) is 0 Å². The van der Waals surface area contributed by atoms with E-state index in [2.05, 4.69) is 21.2 Å².